The summed E-state index contributed by atoms with van der Waals surface area (Å²) >= 11 is 0. The quantitative estimate of drug-likeness (QED) is 0.377. The van der Waals surface area contributed by atoms with Gasteiger partial charge in [0.25, 0.3) is 5.91 Å². The van der Waals surface area contributed by atoms with E-state index in [1.165, 1.54) is 0 Å². The van der Waals surface area contributed by atoms with Gasteiger partial charge >= 0.3 is 0 Å². The summed E-state index contributed by atoms with van der Waals surface area (Å²) < 4.78 is 24.5. The van der Waals surface area contributed by atoms with Crippen molar-refractivity contribution in [2.45, 2.75) is 27.4 Å². The summed E-state index contributed by atoms with van der Waals surface area (Å²) in [5, 5.41) is 2.93. The molecule has 174 valence electrons. The first-order valence-corrected chi connectivity index (χ1v) is 11.2. The zero-order valence-corrected chi connectivity index (χ0v) is 19.4. The topological polar surface area (TPSA) is 50.8 Å². The van der Waals surface area contributed by atoms with Crippen LogP contribution in [-0.2, 0) is 6.67 Å². The van der Waals surface area contributed by atoms with Crippen LogP contribution in [-0.4, -0.2) is 37.0 Å². The Morgan fingerprint density at radius 3 is 2.42 bits per heavy atom. The number of amides is 1. The van der Waals surface area contributed by atoms with Gasteiger partial charge in [0, 0.05) is 23.9 Å². The molecule has 0 aliphatic rings. The summed E-state index contributed by atoms with van der Waals surface area (Å²) in [6.45, 7) is 9.15. The van der Waals surface area contributed by atoms with E-state index in [-0.39, 0.29) is 5.91 Å². The SMILES string of the molecule is CCN(CC)CCOc1cc(NC(=O)c2cccc(Oc3ccc(C[18F])cc3)c2)ccc1C. The van der Waals surface area contributed by atoms with E-state index < -0.39 is 6.67 Å². The van der Waals surface area contributed by atoms with Crippen LogP contribution >= 0.6 is 0 Å². The van der Waals surface area contributed by atoms with E-state index in [1.54, 1.807) is 48.5 Å². The van der Waals surface area contributed by atoms with Crippen LogP contribution in [0.1, 0.15) is 35.3 Å². The predicted molar refractivity (Wildman–Crippen MR) is 130 cm³/mol. The molecule has 0 aliphatic carbocycles. The highest BCUT2D eigenvalue weighted by Gasteiger charge is 2.10. The highest BCUT2D eigenvalue weighted by Crippen LogP contribution is 2.25. The van der Waals surface area contributed by atoms with E-state index in [1.807, 2.05) is 25.1 Å². The van der Waals surface area contributed by atoms with Gasteiger partial charge in [-0.2, -0.15) is 0 Å². The van der Waals surface area contributed by atoms with E-state index in [4.69, 9.17) is 9.47 Å². The van der Waals surface area contributed by atoms with E-state index in [0.717, 1.165) is 30.9 Å². The molecule has 33 heavy (non-hydrogen) atoms. The molecule has 0 spiro atoms. The molecular formula is C27H31FN2O3. The number of benzene rings is 3. The maximum Gasteiger partial charge on any atom is 0.255 e. The minimum absolute atomic E-state index is 0.244. The smallest absolute Gasteiger partial charge is 0.255 e. The van der Waals surface area contributed by atoms with Gasteiger partial charge in [0.1, 0.15) is 30.5 Å². The van der Waals surface area contributed by atoms with Crippen molar-refractivity contribution in [3.63, 3.8) is 0 Å². The number of halogens is 1. The molecule has 1 amide bonds. The zero-order valence-electron chi connectivity index (χ0n) is 19.4. The van der Waals surface area contributed by atoms with E-state index in [0.29, 0.717) is 34.9 Å². The molecule has 0 aliphatic heterocycles. The van der Waals surface area contributed by atoms with E-state index >= 15 is 0 Å². The lowest BCUT2D eigenvalue weighted by Gasteiger charge is -2.19. The molecule has 3 aromatic carbocycles. The molecule has 0 aromatic heterocycles. The number of likely N-dealkylation sites (N-methyl/N-ethyl adjacent to an activating group) is 1. The third-order valence-corrected chi connectivity index (χ3v) is 5.42. The number of hydrogen-bond donors (Lipinski definition) is 1. The Hall–Kier alpha value is -3.38. The Balaban J connectivity index is 1.64. The first-order chi connectivity index (χ1) is 16.0. The van der Waals surface area contributed by atoms with Gasteiger partial charge in [-0.15, -0.1) is 0 Å². The molecule has 0 heterocycles. The Bertz CT molecular complexity index is 1050. The average Bonchev–Trinajstić information content (AvgIpc) is 2.84. The van der Waals surface area contributed by atoms with Crippen LogP contribution in [0.3, 0.4) is 0 Å². The second kappa shape index (κ2) is 12.0. The van der Waals surface area contributed by atoms with Gasteiger partial charge in [0.15, 0.2) is 0 Å². The largest absolute Gasteiger partial charge is 0.492 e. The molecule has 6 heteroatoms. The van der Waals surface area contributed by atoms with Crippen molar-refractivity contribution in [2.75, 3.05) is 31.6 Å². The van der Waals surface area contributed by atoms with Crippen molar-refractivity contribution in [1.82, 2.24) is 4.90 Å². The summed E-state index contributed by atoms with van der Waals surface area (Å²) in [6, 6.07) is 19.3. The fraction of sp³-hybridized carbons (Fsp3) is 0.296. The summed E-state index contributed by atoms with van der Waals surface area (Å²) in [4.78, 5) is 15.1. The number of carbonyl (C=O) groups excluding carboxylic acids is 1. The second-order valence-corrected chi connectivity index (χ2v) is 7.72. The molecule has 0 radical (unpaired) electrons. The molecule has 1 N–H and O–H groups in total. The highest BCUT2D eigenvalue weighted by molar-refractivity contribution is 6.04. The third kappa shape index (κ3) is 7.05. The first kappa shape index (κ1) is 24.3. The molecule has 5 nitrogen and oxygen atoms in total. The molecule has 0 saturated heterocycles. The van der Waals surface area contributed by atoms with Gasteiger partial charge < -0.3 is 19.7 Å². The first-order valence-electron chi connectivity index (χ1n) is 11.2. The van der Waals surface area contributed by atoms with E-state index in [9.17, 15) is 9.18 Å². The lowest BCUT2D eigenvalue weighted by molar-refractivity contribution is 0.102. The van der Waals surface area contributed by atoms with Crippen LogP contribution in [0.15, 0.2) is 66.7 Å². The van der Waals surface area contributed by atoms with Gasteiger partial charge in [-0.3, -0.25) is 4.79 Å². The van der Waals surface area contributed by atoms with Crippen molar-refractivity contribution in [3.8, 4) is 17.2 Å². The van der Waals surface area contributed by atoms with Crippen molar-refractivity contribution in [3.05, 3.63) is 83.4 Å². The fourth-order valence-corrected chi connectivity index (χ4v) is 3.34. The number of nitrogens with one attached hydrogen (secondary N) is 1. The van der Waals surface area contributed by atoms with Gasteiger partial charge in [-0.05, 0) is 67.5 Å². The summed E-state index contributed by atoms with van der Waals surface area (Å²) in [7, 11) is 0. The average molecular weight is 450 g/mol. The Labute approximate surface area is 195 Å². The van der Waals surface area contributed by atoms with Crippen molar-refractivity contribution in [2.24, 2.45) is 0 Å². The van der Waals surface area contributed by atoms with Crippen molar-refractivity contribution >= 4 is 11.6 Å². The summed E-state index contributed by atoms with van der Waals surface area (Å²) in [6.07, 6.45) is 0. The molecule has 0 atom stereocenters. The standard InChI is InChI=1S/C27H31FN2O3/c1-4-30(5-2)15-16-32-26-18-23(12-9-20(26)3)29-27(31)22-7-6-8-25(17-22)33-24-13-10-21(19-28)11-14-24/h6-14,17-18H,4-5,15-16,19H2,1-3H3,(H,29,31)/i28-1. The zero-order chi connectivity index (χ0) is 23.6. The number of nitrogens with zero attached hydrogens (tertiary/aromatic N) is 1. The van der Waals surface area contributed by atoms with Crippen LogP contribution < -0.4 is 14.8 Å². The molecule has 3 aromatic rings. The number of hydrogen-bond acceptors (Lipinski definition) is 4. The maximum atomic E-state index is 12.8. The van der Waals surface area contributed by atoms with Crippen LogP contribution in [0.25, 0.3) is 0 Å². The van der Waals surface area contributed by atoms with E-state index in [2.05, 4.69) is 24.1 Å². The lowest BCUT2D eigenvalue weighted by atomic mass is 10.1. The van der Waals surface area contributed by atoms with Gasteiger partial charge in [-0.25, -0.2) is 4.39 Å². The Morgan fingerprint density at radius 2 is 1.73 bits per heavy atom. The number of anilines is 1. The molecule has 3 rings (SSSR count). The third-order valence-electron chi connectivity index (χ3n) is 5.42. The van der Waals surface area contributed by atoms with Crippen molar-refractivity contribution < 1.29 is 18.7 Å². The van der Waals surface area contributed by atoms with Gasteiger partial charge in [0.05, 0.1) is 0 Å². The number of rotatable bonds is 11. The molecule has 0 bridgehead atoms. The van der Waals surface area contributed by atoms with Crippen LogP contribution in [0, 0.1) is 6.92 Å². The monoisotopic (exact) mass is 449 g/mol. The van der Waals surface area contributed by atoms with Crippen LogP contribution in [0.5, 0.6) is 17.2 Å². The predicted octanol–water partition coefficient (Wildman–Crippen LogP) is 6.23. The number of ether oxygens (including phenoxy) is 2. The summed E-state index contributed by atoms with van der Waals surface area (Å²) in [5.74, 6) is 1.62. The molecule has 0 saturated carbocycles. The number of alkyl halides is 1. The highest BCUT2D eigenvalue weighted by atomic mass is 18.2. The minimum Gasteiger partial charge on any atom is -0.492 e. The minimum atomic E-state index is -0.516. The summed E-state index contributed by atoms with van der Waals surface area (Å²) in [5.41, 5.74) is 2.74. The molecular weight excluding hydrogens is 418 g/mol. The van der Waals surface area contributed by atoms with Crippen LogP contribution in [0.4, 0.5) is 10.1 Å². The molecule has 0 fully saturated rings. The Morgan fingerprint density at radius 1 is 0.970 bits per heavy atom. The van der Waals surface area contributed by atoms with Gasteiger partial charge in [0.2, 0.25) is 0 Å². The van der Waals surface area contributed by atoms with Gasteiger partial charge in [-0.1, -0.05) is 38.1 Å². The second-order valence-electron chi connectivity index (χ2n) is 7.72. The normalized spacial score (nSPS) is 10.8. The van der Waals surface area contributed by atoms with Crippen molar-refractivity contribution in [1.29, 1.82) is 0 Å². The number of aryl methyl sites for hydroxylation is 1. The molecule has 0 unspecified atom stereocenters. The van der Waals surface area contributed by atoms with Crippen LogP contribution in [0.2, 0.25) is 0 Å². The number of carbonyl (C=O) groups is 1. The fourth-order valence-electron chi connectivity index (χ4n) is 3.34. The Kier molecular flexibility index (Phi) is 8.84. The maximum absolute atomic E-state index is 12.8. The lowest BCUT2D eigenvalue weighted by Crippen LogP contribution is -2.28.